The monoisotopic (exact) mass is 293 g/mol. The van der Waals surface area contributed by atoms with Crippen molar-refractivity contribution in [3.63, 3.8) is 0 Å². The zero-order valence-electron chi connectivity index (χ0n) is 10.5. The molecule has 2 aliphatic rings. The Labute approximate surface area is 114 Å². The van der Waals surface area contributed by atoms with Gasteiger partial charge >= 0.3 is 0 Å². The maximum Gasteiger partial charge on any atom is 0.226 e. The highest BCUT2D eigenvalue weighted by Gasteiger charge is 2.36. The number of hydrogen-bond donors (Lipinski definition) is 0. The molecule has 0 aliphatic carbocycles. The zero-order valence-corrected chi connectivity index (χ0v) is 12.0. The number of carbonyl (C=O) groups is 1. The van der Waals surface area contributed by atoms with Crippen molar-refractivity contribution in [3.8, 4) is 0 Å². The molecule has 2 aliphatic heterocycles. The number of carbonyl (C=O) groups excluding carboxylic acids is 1. The number of sulfone groups is 1. The van der Waals surface area contributed by atoms with Crippen molar-refractivity contribution in [1.29, 1.82) is 0 Å². The highest BCUT2D eigenvalue weighted by Crippen LogP contribution is 2.25. The van der Waals surface area contributed by atoms with Crippen LogP contribution in [0.3, 0.4) is 0 Å². The third kappa shape index (κ3) is 3.38. The lowest BCUT2D eigenvalue weighted by molar-refractivity contribution is -0.136. The summed E-state index contributed by atoms with van der Waals surface area (Å²) in [5.41, 5.74) is 0. The summed E-state index contributed by atoms with van der Waals surface area (Å²) in [5, 5.41) is 0. The Kier molecular flexibility index (Phi) is 4.54. The maximum absolute atomic E-state index is 12.3. The van der Waals surface area contributed by atoms with Crippen molar-refractivity contribution in [3.05, 3.63) is 0 Å². The van der Waals surface area contributed by atoms with Crippen LogP contribution in [0.25, 0.3) is 0 Å². The van der Waals surface area contributed by atoms with E-state index in [1.165, 1.54) is 0 Å². The van der Waals surface area contributed by atoms with Gasteiger partial charge in [-0.3, -0.25) is 4.79 Å². The minimum atomic E-state index is -2.97. The predicted octanol–water partition coefficient (Wildman–Crippen LogP) is 1.29. The summed E-state index contributed by atoms with van der Waals surface area (Å²) in [5.74, 6) is 1.06. The van der Waals surface area contributed by atoms with Crippen molar-refractivity contribution < 1.29 is 13.2 Å². The summed E-state index contributed by atoms with van der Waals surface area (Å²) in [4.78, 5) is 14.1. The first-order valence-corrected chi connectivity index (χ1v) is 8.92. The molecule has 6 heteroatoms. The van der Waals surface area contributed by atoms with Gasteiger partial charge in [-0.1, -0.05) is 0 Å². The van der Waals surface area contributed by atoms with Gasteiger partial charge < -0.3 is 4.90 Å². The van der Waals surface area contributed by atoms with Gasteiger partial charge in [0.2, 0.25) is 5.91 Å². The van der Waals surface area contributed by atoms with Gasteiger partial charge in [-0.25, -0.2) is 8.42 Å². The fraction of sp³-hybridized carbons (Fsp3) is 0.917. The molecule has 0 radical (unpaired) electrons. The van der Waals surface area contributed by atoms with E-state index in [-0.39, 0.29) is 23.3 Å². The van der Waals surface area contributed by atoms with Gasteiger partial charge in [-0.2, -0.15) is 0 Å². The fourth-order valence-corrected chi connectivity index (χ4v) is 4.94. The van der Waals surface area contributed by atoms with Crippen LogP contribution in [0.1, 0.15) is 25.7 Å². The number of rotatable bonds is 3. The number of hydrogen-bond acceptors (Lipinski definition) is 3. The number of alkyl halides is 1. The van der Waals surface area contributed by atoms with E-state index >= 15 is 0 Å². The first-order valence-electron chi connectivity index (χ1n) is 6.57. The first kappa shape index (κ1) is 14.1. The summed E-state index contributed by atoms with van der Waals surface area (Å²) in [6, 6.07) is 0. The molecule has 2 atom stereocenters. The topological polar surface area (TPSA) is 54.5 Å². The van der Waals surface area contributed by atoms with E-state index in [2.05, 4.69) is 0 Å². The molecule has 0 saturated carbocycles. The molecule has 18 heavy (non-hydrogen) atoms. The van der Waals surface area contributed by atoms with Crippen LogP contribution in [-0.4, -0.2) is 49.7 Å². The quantitative estimate of drug-likeness (QED) is 0.737. The molecule has 4 nitrogen and oxygen atoms in total. The van der Waals surface area contributed by atoms with Crippen LogP contribution in [0.15, 0.2) is 0 Å². The van der Waals surface area contributed by atoms with Crippen LogP contribution < -0.4 is 0 Å². The highest BCUT2D eigenvalue weighted by molar-refractivity contribution is 7.91. The van der Waals surface area contributed by atoms with Gasteiger partial charge in [0, 0.05) is 19.0 Å². The number of halogens is 1. The largest absolute Gasteiger partial charge is 0.342 e. The molecule has 0 spiro atoms. The molecule has 0 aromatic heterocycles. The predicted molar refractivity (Wildman–Crippen MR) is 71.4 cm³/mol. The highest BCUT2D eigenvalue weighted by atomic mass is 35.5. The lowest BCUT2D eigenvalue weighted by Crippen LogP contribution is -2.43. The Morgan fingerprint density at radius 1 is 1.33 bits per heavy atom. The standard InChI is InChI=1S/C12H20ClNO3S/c13-5-3-10-2-1-6-14(8-10)12(15)11-4-7-18(16,17)9-11/h10-11H,1-9H2. The van der Waals surface area contributed by atoms with Crippen LogP contribution in [0.4, 0.5) is 0 Å². The lowest BCUT2D eigenvalue weighted by atomic mass is 9.94. The summed E-state index contributed by atoms with van der Waals surface area (Å²) < 4.78 is 22.8. The molecule has 0 bridgehead atoms. The second kappa shape index (κ2) is 5.78. The van der Waals surface area contributed by atoms with E-state index in [1.807, 2.05) is 4.90 Å². The van der Waals surface area contributed by atoms with Gasteiger partial charge in [0.05, 0.1) is 17.4 Å². The molecule has 2 unspecified atom stereocenters. The van der Waals surface area contributed by atoms with Crippen molar-refractivity contribution in [2.75, 3.05) is 30.5 Å². The van der Waals surface area contributed by atoms with Gasteiger partial charge in [0.25, 0.3) is 0 Å². The molecule has 0 aromatic carbocycles. The normalized spacial score (nSPS) is 31.5. The Balaban J connectivity index is 1.93. The van der Waals surface area contributed by atoms with Crippen LogP contribution in [0.5, 0.6) is 0 Å². The van der Waals surface area contributed by atoms with Gasteiger partial charge in [0.15, 0.2) is 9.84 Å². The molecule has 2 rings (SSSR count). The van der Waals surface area contributed by atoms with Crippen molar-refractivity contribution in [2.24, 2.45) is 11.8 Å². The second-order valence-electron chi connectivity index (χ2n) is 5.37. The Bertz CT molecular complexity index is 408. The number of likely N-dealkylation sites (tertiary alicyclic amines) is 1. The summed E-state index contributed by atoms with van der Waals surface area (Å²) in [7, 11) is -2.97. The minimum absolute atomic E-state index is 0.0374. The second-order valence-corrected chi connectivity index (χ2v) is 7.98. The zero-order chi connectivity index (χ0) is 13.2. The molecule has 0 aromatic rings. The Morgan fingerprint density at radius 3 is 2.72 bits per heavy atom. The van der Waals surface area contributed by atoms with Crippen LogP contribution >= 0.6 is 11.6 Å². The van der Waals surface area contributed by atoms with Gasteiger partial charge in [0.1, 0.15) is 0 Å². The third-order valence-electron chi connectivity index (χ3n) is 3.93. The minimum Gasteiger partial charge on any atom is -0.342 e. The van der Waals surface area contributed by atoms with Crippen molar-refractivity contribution >= 4 is 27.3 Å². The summed E-state index contributed by atoms with van der Waals surface area (Å²) in [6.45, 7) is 1.52. The van der Waals surface area contributed by atoms with E-state index in [0.717, 1.165) is 32.4 Å². The third-order valence-corrected chi connectivity index (χ3v) is 5.92. The van der Waals surface area contributed by atoms with Gasteiger partial charge in [-0.15, -0.1) is 11.6 Å². The average Bonchev–Trinajstić information content (AvgIpc) is 2.70. The van der Waals surface area contributed by atoms with Crippen molar-refractivity contribution in [1.82, 2.24) is 4.90 Å². The van der Waals surface area contributed by atoms with Crippen LogP contribution in [-0.2, 0) is 14.6 Å². The summed E-state index contributed by atoms with van der Waals surface area (Å²) in [6.07, 6.45) is 3.57. The smallest absolute Gasteiger partial charge is 0.226 e. The molecule has 0 N–H and O–H groups in total. The van der Waals surface area contributed by atoms with Crippen LogP contribution in [0.2, 0.25) is 0 Å². The summed E-state index contributed by atoms with van der Waals surface area (Å²) >= 11 is 5.74. The number of amides is 1. The van der Waals surface area contributed by atoms with E-state index in [0.29, 0.717) is 18.2 Å². The maximum atomic E-state index is 12.3. The lowest BCUT2D eigenvalue weighted by Gasteiger charge is -2.34. The molecular weight excluding hydrogens is 274 g/mol. The van der Waals surface area contributed by atoms with Crippen LogP contribution in [0, 0.1) is 11.8 Å². The van der Waals surface area contributed by atoms with E-state index in [9.17, 15) is 13.2 Å². The SMILES string of the molecule is O=C(C1CCS(=O)(=O)C1)N1CCCC(CCCl)C1. The molecule has 104 valence electrons. The fourth-order valence-electron chi connectivity index (χ4n) is 2.90. The molecule has 2 saturated heterocycles. The number of piperidine rings is 1. The van der Waals surface area contributed by atoms with Gasteiger partial charge in [-0.05, 0) is 31.6 Å². The van der Waals surface area contributed by atoms with E-state index in [1.54, 1.807) is 0 Å². The molecule has 1 amide bonds. The van der Waals surface area contributed by atoms with E-state index in [4.69, 9.17) is 11.6 Å². The van der Waals surface area contributed by atoms with Crippen molar-refractivity contribution in [2.45, 2.75) is 25.7 Å². The average molecular weight is 294 g/mol. The Hall–Kier alpha value is -0.290. The first-order chi connectivity index (χ1) is 8.52. The molecule has 2 heterocycles. The van der Waals surface area contributed by atoms with E-state index < -0.39 is 9.84 Å². The number of nitrogens with zero attached hydrogens (tertiary/aromatic N) is 1. The molecule has 2 fully saturated rings. The molecular formula is C12H20ClNO3S. The Morgan fingerprint density at radius 2 is 2.11 bits per heavy atom.